The van der Waals surface area contributed by atoms with Gasteiger partial charge in [0.05, 0.1) is 6.04 Å². The Morgan fingerprint density at radius 1 is 1.08 bits per heavy atom. The summed E-state index contributed by atoms with van der Waals surface area (Å²) in [7, 11) is 0. The number of aryl methyl sites for hydroxylation is 3. The van der Waals surface area contributed by atoms with Gasteiger partial charge in [0.25, 0.3) is 5.91 Å². The molecule has 2 aromatic rings. The molecule has 0 saturated carbocycles. The van der Waals surface area contributed by atoms with Crippen molar-refractivity contribution in [2.45, 2.75) is 59.6 Å². The Labute approximate surface area is 151 Å². The molecule has 3 heteroatoms. The summed E-state index contributed by atoms with van der Waals surface area (Å²) in [5, 5.41) is 3.09. The van der Waals surface area contributed by atoms with Crippen molar-refractivity contribution >= 4 is 5.91 Å². The number of ether oxygens (including phenoxy) is 1. The Balaban J connectivity index is 2.04. The highest BCUT2D eigenvalue weighted by molar-refractivity contribution is 5.81. The molecule has 0 aromatic heterocycles. The smallest absolute Gasteiger partial charge is 0.261 e. The molecule has 2 atom stereocenters. The van der Waals surface area contributed by atoms with Gasteiger partial charge in [-0.25, -0.2) is 0 Å². The molecular formula is C22H29NO2. The topological polar surface area (TPSA) is 38.3 Å². The average molecular weight is 339 g/mol. The quantitative estimate of drug-likeness (QED) is 0.779. The van der Waals surface area contributed by atoms with Gasteiger partial charge in [-0.3, -0.25) is 4.79 Å². The van der Waals surface area contributed by atoms with Crippen molar-refractivity contribution in [3.8, 4) is 5.75 Å². The van der Waals surface area contributed by atoms with E-state index in [4.69, 9.17) is 4.74 Å². The van der Waals surface area contributed by atoms with E-state index in [-0.39, 0.29) is 11.9 Å². The van der Waals surface area contributed by atoms with Crippen molar-refractivity contribution in [1.29, 1.82) is 0 Å². The normalized spacial score (nSPS) is 13.2. The van der Waals surface area contributed by atoms with Crippen LogP contribution in [0.15, 0.2) is 42.5 Å². The van der Waals surface area contributed by atoms with E-state index >= 15 is 0 Å². The average Bonchev–Trinajstić information content (AvgIpc) is 2.61. The van der Waals surface area contributed by atoms with Crippen LogP contribution >= 0.6 is 0 Å². The third kappa shape index (κ3) is 5.09. The van der Waals surface area contributed by atoms with E-state index in [1.54, 1.807) is 0 Å². The maximum atomic E-state index is 12.6. The van der Waals surface area contributed by atoms with Gasteiger partial charge in [0, 0.05) is 0 Å². The standard InChI is InChI=1S/C22H29NO2/c1-6-18-10-12-19(13-11-18)25-21(7-2)22(24)23-17(5)20-14-15(3)8-9-16(20)4/h8-14,17,21H,6-7H2,1-5H3,(H,23,24)/t17-,21-/m0/s1. The molecule has 25 heavy (non-hydrogen) atoms. The fourth-order valence-corrected chi connectivity index (χ4v) is 2.90. The van der Waals surface area contributed by atoms with E-state index in [0.29, 0.717) is 6.42 Å². The summed E-state index contributed by atoms with van der Waals surface area (Å²) >= 11 is 0. The summed E-state index contributed by atoms with van der Waals surface area (Å²) in [6.45, 7) is 10.2. The van der Waals surface area contributed by atoms with Crippen LogP contribution in [0.1, 0.15) is 55.5 Å². The summed E-state index contributed by atoms with van der Waals surface area (Å²) in [5.74, 6) is 0.661. The molecule has 0 radical (unpaired) electrons. The summed E-state index contributed by atoms with van der Waals surface area (Å²) < 4.78 is 5.90. The molecule has 134 valence electrons. The molecule has 0 bridgehead atoms. The van der Waals surface area contributed by atoms with Gasteiger partial charge in [0.2, 0.25) is 0 Å². The van der Waals surface area contributed by atoms with Crippen molar-refractivity contribution in [2.24, 2.45) is 0 Å². The molecular weight excluding hydrogens is 310 g/mol. The van der Waals surface area contributed by atoms with Crippen molar-refractivity contribution in [1.82, 2.24) is 5.32 Å². The highest BCUT2D eigenvalue weighted by Crippen LogP contribution is 2.20. The molecule has 1 N–H and O–H groups in total. The van der Waals surface area contributed by atoms with Crippen LogP contribution in [0.4, 0.5) is 0 Å². The van der Waals surface area contributed by atoms with Crippen molar-refractivity contribution in [3.63, 3.8) is 0 Å². The van der Waals surface area contributed by atoms with E-state index in [2.05, 4.69) is 44.3 Å². The molecule has 0 fully saturated rings. The summed E-state index contributed by atoms with van der Waals surface area (Å²) in [6, 6.07) is 14.2. The summed E-state index contributed by atoms with van der Waals surface area (Å²) in [4.78, 5) is 12.6. The Bertz CT molecular complexity index is 706. The van der Waals surface area contributed by atoms with Gasteiger partial charge in [0.15, 0.2) is 6.10 Å². The lowest BCUT2D eigenvalue weighted by atomic mass is 10.00. The predicted molar refractivity (Wildman–Crippen MR) is 103 cm³/mol. The van der Waals surface area contributed by atoms with Crippen LogP contribution in [0.3, 0.4) is 0 Å². The van der Waals surface area contributed by atoms with Gasteiger partial charge in [-0.1, -0.05) is 49.7 Å². The fraction of sp³-hybridized carbons (Fsp3) is 0.409. The number of benzene rings is 2. The predicted octanol–water partition coefficient (Wildman–Crippen LogP) is 4.90. The zero-order valence-electron chi connectivity index (χ0n) is 15.9. The highest BCUT2D eigenvalue weighted by atomic mass is 16.5. The minimum Gasteiger partial charge on any atom is -0.481 e. The van der Waals surface area contributed by atoms with Crippen LogP contribution in [0.2, 0.25) is 0 Å². The Morgan fingerprint density at radius 2 is 1.76 bits per heavy atom. The first-order chi connectivity index (χ1) is 11.9. The second kappa shape index (κ2) is 8.70. The molecule has 0 spiro atoms. The van der Waals surface area contributed by atoms with Gasteiger partial charge in [-0.05, 0) is 62.4 Å². The molecule has 0 aliphatic carbocycles. The molecule has 3 nitrogen and oxygen atoms in total. The lowest BCUT2D eigenvalue weighted by Crippen LogP contribution is -2.39. The number of carbonyl (C=O) groups excluding carboxylic acids is 1. The number of rotatable bonds is 7. The maximum Gasteiger partial charge on any atom is 0.261 e. The first-order valence-electron chi connectivity index (χ1n) is 9.07. The van der Waals surface area contributed by atoms with Crippen LogP contribution in [-0.4, -0.2) is 12.0 Å². The van der Waals surface area contributed by atoms with Crippen LogP contribution in [0.5, 0.6) is 5.75 Å². The van der Waals surface area contributed by atoms with Crippen LogP contribution < -0.4 is 10.1 Å². The van der Waals surface area contributed by atoms with Crippen LogP contribution in [-0.2, 0) is 11.2 Å². The molecule has 1 amide bonds. The zero-order chi connectivity index (χ0) is 18.4. The van der Waals surface area contributed by atoms with Gasteiger partial charge in [0.1, 0.15) is 5.75 Å². The monoisotopic (exact) mass is 339 g/mol. The molecule has 2 rings (SSSR count). The van der Waals surface area contributed by atoms with E-state index < -0.39 is 6.10 Å². The lowest BCUT2D eigenvalue weighted by molar-refractivity contribution is -0.128. The van der Waals surface area contributed by atoms with Crippen molar-refractivity contribution in [3.05, 3.63) is 64.7 Å². The van der Waals surface area contributed by atoms with Crippen LogP contribution in [0, 0.1) is 13.8 Å². The molecule has 0 heterocycles. The van der Waals surface area contributed by atoms with Gasteiger partial charge in [-0.2, -0.15) is 0 Å². The van der Waals surface area contributed by atoms with Crippen LogP contribution in [0.25, 0.3) is 0 Å². The number of amides is 1. The van der Waals surface area contributed by atoms with Crippen molar-refractivity contribution < 1.29 is 9.53 Å². The second-order valence-electron chi connectivity index (χ2n) is 6.60. The minimum absolute atomic E-state index is 0.0486. The number of hydrogen-bond donors (Lipinski definition) is 1. The van der Waals surface area contributed by atoms with E-state index in [0.717, 1.165) is 17.7 Å². The van der Waals surface area contributed by atoms with Gasteiger partial charge < -0.3 is 10.1 Å². The first kappa shape index (κ1) is 19.0. The Hall–Kier alpha value is -2.29. The number of carbonyl (C=O) groups is 1. The van der Waals surface area contributed by atoms with E-state index in [9.17, 15) is 4.79 Å². The summed E-state index contributed by atoms with van der Waals surface area (Å²) in [6.07, 6.45) is 1.13. The van der Waals surface area contributed by atoms with E-state index in [1.165, 1.54) is 16.7 Å². The minimum atomic E-state index is -0.486. The number of nitrogens with one attached hydrogen (secondary N) is 1. The Kier molecular flexibility index (Phi) is 6.63. The summed E-state index contributed by atoms with van der Waals surface area (Å²) in [5.41, 5.74) is 4.78. The number of hydrogen-bond acceptors (Lipinski definition) is 2. The maximum absolute atomic E-state index is 12.6. The third-order valence-electron chi connectivity index (χ3n) is 4.53. The highest BCUT2D eigenvalue weighted by Gasteiger charge is 2.21. The lowest BCUT2D eigenvalue weighted by Gasteiger charge is -2.22. The molecule has 0 aliphatic rings. The largest absolute Gasteiger partial charge is 0.481 e. The zero-order valence-corrected chi connectivity index (χ0v) is 15.9. The third-order valence-corrected chi connectivity index (χ3v) is 4.53. The second-order valence-corrected chi connectivity index (χ2v) is 6.60. The molecule has 0 saturated heterocycles. The molecule has 0 unspecified atom stereocenters. The molecule has 2 aromatic carbocycles. The van der Waals surface area contributed by atoms with Gasteiger partial charge in [-0.15, -0.1) is 0 Å². The van der Waals surface area contributed by atoms with Gasteiger partial charge >= 0.3 is 0 Å². The van der Waals surface area contributed by atoms with E-state index in [1.807, 2.05) is 38.1 Å². The Morgan fingerprint density at radius 3 is 2.36 bits per heavy atom. The SMILES string of the molecule is CCc1ccc(O[C@@H](CC)C(=O)N[C@@H](C)c2cc(C)ccc2C)cc1. The fourth-order valence-electron chi connectivity index (χ4n) is 2.90. The first-order valence-corrected chi connectivity index (χ1v) is 9.07. The van der Waals surface area contributed by atoms with Crippen molar-refractivity contribution in [2.75, 3.05) is 0 Å². The molecule has 0 aliphatic heterocycles.